The minimum absolute atomic E-state index is 0.170. The minimum atomic E-state index is -0.294. The van der Waals surface area contributed by atoms with Crippen molar-refractivity contribution in [3.8, 4) is 11.5 Å². The molecule has 7 heteroatoms. The maximum atomic E-state index is 12.3. The lowest BCUT2D eigenvalue weighted by atomic mass is 10.1. The highest BCUT2D eigenvalue weighted by Gasteiger charge is 2.27. The first-order valence-corrected chi connectivity index (χ1v) is 8.69. The fourth-order valence-electron chi connectivity index (χ4n) is 3.09. The second kappa shape index (κ2) is 7.65. The van der Waals surface area contributed by atoms with Crippen LogP contribution in [-0.4, -0.2) is 45.9 Å². The molecule has 1 fully saturated rings. The van der Waals surface area contributed by atoms with Crippen LogP contribution in [0, 0.1) is 5.92 Å². The number of benzene rings is 1. The maximum Gasteiger partial charge on any atom is 0.321 e. The molecule has 2 unspecified atom stereocenters. The first-order chi connectivity index (χ1) is 12.1. The van der Waals surface area contributed by atoms with Gasteiger partial charge in [-0.3, -0.25) is 0 Å². The molecule has 0 aliphatic heterocycles. The molecule has 1 aliphatic carbocycles. The summed E-state index contributed by atoms with van der Waals surface area (Å²) in [5.41, 5.74) is 1.51. The number of rotatable bonds is 5. The Hall–Kier alpha value is -2.41. The van der Waals surface area contributed by atoms with E-state index >= 15 is 0 Å². The monoisotopic (exact) mass is 344 g/mol. The van der Waals surface area contributed by atoms with Crippen LogP contribution in [0.25, 0.3) is 11.5 Å². The zero-order chi connectivity index (χ0) is 17.8. The molecule has 2 atom stereocenters. The van der Waals surface area contributed by atoms with Gasteiger partial charge in [-0.15, -0.1) is 10.2 Å². The molecule has 25 heavy (non-hydrogen) atoms. The van der Waals surface area contributed by atoms with Crippen LogP contribution in [0.3, 0.4) is 0 Å². The Kier molecular flexibility index (Phi) is 5.33. The summed E-state index contributed by atoms with van der Waals surface area (Å²) in [6, 6.07) is 7.10. The lowest BCUT2D eigenvalue weighted by Crippen LogP contribution is -2.37. The molecule has 0 bridgehead atoms. The van der Waals surface area contributed by atoms with Crippen molar-refractivity contribution in [1.82, 2.24) is 15.1 Å². The lowest BCUT2D eigenvalue weighted by Gasteiger charge is -2.23. The summed E-state index contributed by atoms with van der Waals surface area (Å²) < 4.78 is 5.52. The van der Waals surface area contributed by atoms with Gasteiger partial charge in [-0.05, 0) is 37.1 Å². The Morgan fingerprint density at radius 3 is 2.68 bits per heavy atom. The van der Waals surface area contributed by atoms with Crippen LogP contribution in [0.15, 0.2) is 28.7 Å². The molecule has 134 valence electrons. The number of aliphatic hydroxyl groups excluding tert-OH is 1. The van der Waals surface area contributed by atoms with Gasteiger partial charge >= 0.3 is 6.03 Å². The van der Waals surface area contributed by atoms with Crippen LogP contribution in [-0.2, 0) is 6.42 Å². The summed E-state index contributed by atoms with van der Waals surface area (Å²) in [6.45, 7) is 2.52. The van der Waals surface area contributed by atoms with E-state index in [4.69, 9.17) is 4.42 Å². The highest BCUT2D eigenvalue weighted by atomic mass is 16.4. The number of hydrogen-bond acceptors (Lipinski definition) is 5. The SMILES string of the molecule is CCc1nnc(-c2ccc(NC(=O)N(C)CC3CCCC3O)cc2)o1. The highest BCUT2D eigenvalue weighted by Crippen LogP contribution is 2.26. The minimum Gasteiger partial charge on any atom is -0.421 e. The largest absolute Gasteiger partial charge is 0.421 e. The standard InChI is InChI=1S/C18H24N4O3/c1-3-16-20-21-17(25-16)12-7-9-14(10-8-12)19-18(24)22(2)11-13-5-4-6-15(13)23/h7-10,13,15,23H,3-6,11H2,1-2H3,(H,19,24). The van der Waals surface area contributed by atoms with Crippen molar-refractivity contribution in [3.05, 3.63) is 30.2 Å². The Bertz CT molecular complexity index is 713. The van der Waals surface area contributed by atoms with E-state index in [0.29, 0.717) is 30.4 Å². The zero-order valence-electron chi connectivity index (χ0n) is 14.6. The Labute approximate surface area is 147 Å². The van der Waals surface area contributed by atoms with Gasteiger partial charge in [0.05, 0.1) is 6.10 Å². The Morgan fingerprint density at radius 1 is 1.32 bits per heavy atom. The van der Waals surface area contributed by atoms with E-state index in [-0.39, 0.29) is 18.1 Å². The fraction of sp³-hybridized carbons (Fsp3) is 0.500. The summed E-state index contributed by atoms with van der Waals surface area (Å²) >= 11 is 0. The molecule has 7 nitrogen and oxygen atoms in total. The quantitative estimate of drug-likeness (QED) is 0.870. The average Bonchev–Trinajstić information content (AvgIpc) is 3.25. The molecule has 1 aliphatic rings. The fourth-order valence-corrected chi connectivity index (χ4v) is 3.09. The summed E-state index contributed by atoms with van der Waals surface area (Å²) in [4.78, 5) is 13.9. The van der Waals surface area contributed by atoms with Gasteiger partial charge in [-0.25, -0.2) is 4.79 Å². The molecule has 2 aromatic rings. The predicted octanol–water partition coefficient (Wildman–Crippen LogP) is 2.92. The number of anilines is 1. The van der Waals surface area contributed by atoms with E-state index in [1.54, 1.807) is 24.1 Å². The number of aryl methyl sites for hydroxylation is 1. The number of hydrogen-bond donors (Lipinski definition) is 2. The Morgan fingerprint density at radius 2 is 2.08 bits per heavy atom. The molecule has 3 rings (SSSR count). The summed E-state index contributed by atoms with van der Waals surface area (Å²) in [6.07, 6.45) is 3.23. The number of nitrogens with zero attached hydrogens (tertiary/aromatic N) is 3. The van der Waals surface area contributed by atoms with Crippen molar-refractivity contribution in [2.45, 2.75) is 38.7 Å². The number of aliphatic hydroxyl groups is 1. The molecular weight excluding hydrogens is 320 g/mol. The predicted molar refractivity (Wildman–Crippen MR) is 94.1 cm³/mol. The van der Waals surface area contributed by atoms with Crippen molar-refractivity contribution < 1.29 is 14.3 Å². The molecule has 0 radical (unpaired) electrons. The second-order valence-electron chi connectivity index (χ2n) is 6.50. The van der Waals surface area contributed by atoms with Gasteiger partial charge in [0.25, 0.3) is 0 Å². The zero-order valence-corrected chi connectivity index (χ0v) is 14.6. The van der Waals surface area contributed by atoms with Crippen molar-refractivity contribution in [2.75, 3.05) is 18.9 Å². The third-order valence-electron chi connectivity index (χ3n) is 4.63. The number of amides is 2. The number of urea groups is 1. The highest BCUT2D eigenvalue weighted by molar-refractivity contribution is 5.89. The van der Waals surface area contributed by atoms with Gasteiger partial charge in [0, 0.05) is 37.2 Å². The number of carbonyl (C=O) groups excluding carboxylic acids is 1. The van der Waals surface area contributed by atoms with Crippen LogP contribution in [0.1, 0.15) is 32.1 Å². The first kappa shape index (κ1) is 17.4. The molecule has 1 aromatic heterocycles. The van der Waals surface area contributed by atoms with Gasteiger partial charge in [0.1, 0.15) is 0 Å². The van der Waals surface area contributed by atoms with Crippen molar-refractivity contribution in [2.24, 2.45) is 5.92 Å². The summed E-state index contributed by atoms with van der Waals surface area (Å²) in [5.74, 6) is 1.24. The molecule has 1 heterocycles. The molecule has 0 spiro atoms. The molecule has 1 aromatic carbocycles. The van der Waals surface area contributed by atoms with Crippen molar-refractivity contribution in [3.63, 3.8) is 0 Å². The Balaban J connectivity index is 1.57. The molecule has 2 amide bonds. The van der Waals surface area contributed by atoms with Crippen molar-refractivity contribution >= 4 is 11.7 Å². The van der Waals surface area contributed by atoms with Crippen molar-refractivity contribution in [1.29, 1.82) is 0 Å². The van der Waals surface area contributed by atoms with Gasteiger partial charge in [0.15, 0.2) is 0 Å². The molecule has 1 saturated carbocycles. The summed E-state index contributed by atoms with van der Waals surface area (Å²) in [7, 11) is 1.75. The van der Waals surface area contributed by atoms with E-state index in [2.05, 4.69) is 15.5 Å². The van der Waals surface area contributed by atoms with Gasteiger partial charge in [-0.1, -0.05) is 13.3 Å². The van der Waals surface area contributed by atoms with Crippen LogP contribution in [0.2, 0.25) is 0 Å². The van der Waals surface area contributed by atoms with E-state index in [1.807, 2.05) is 19.1 Å². The maximum absolute atomic E-state index is 12.3. The van der Waals surface area contributed by atoms with Crippen LogP contribution in [0.5, 0.6) is 0 Å². The molecule has 2 N–H and O–H groups in total. The van der Waals surface area contributed by atoms with Crippen LogP contribution < -0.4 is 5.32 Å². The summed E-state index contributed by atoms with van der Waals surface area (Å²) in [5, 5.41) is 20.7. The van der Waals surface area contributed by atoms with Gasteiger partial charge in [0.2, 0.25) is 11.8 Å². The third-order valence-corrected chi connectivity index (χ3v) is 4.63. The molecular formula is C18H24N4O3. The van der Waals surface area contributed by atoms with E-state index in [9.17, 15) is 9.90 Å². The smallest absolute Gasteiger partial charge is 0.321 e. The molecule has 0 saturated heterocycles. The number of carbonyl (C=O) groups is 1. The van der Waals surface area contributed by atoms with E-state index in [1.165, 1.54) is 0 Å². The van der Waals surface area contributed by atoms with Crippen LogP contribution in [0.4, 0.5) is 10.5 Å². The van der Waals surface area contributed by atoms with Gasteiger partial charge in [-0.2, -0.15) is 0 Å². The second-order valence-corrected chi connectivity index (χ2v) is 6.50. The first-order valence-electron chi connectivity index (χ1n) is 8.69. The number of aromatic nitrogens is 2. The van der Waals surface area contributed by atoms with E-state index < -0.39 is 0 Å². The van der Waals surface area contributed by atoms with E-state index in [0.717, 1.165) is 24.8 Å². The van der Waals surface area contributed by atoms with Crippen LogP contribution >= 0.6 is 0 Å². The number of nitrogens with one attached hydrogen (secondary N) is 1. The topological polar surface area (TPSA) is 91.5 Å². The normalized spacial score (nSPS) is 19.8. The third kappa shape index (κ3) is 4.17. The lowest BCUT2D eigenvalue weighted by molar-refractivity contribution is 0.116. The van der Waals surface area contributed by atoms with Gasteiger partial charge < -0.3 is 19.7 Å². The average molecular weight is 344 g/mol.